The molecule has 0 radical (unpaired) electrons. The highest BCUT2D eigenvalue weighted by molar-refractivity contribution is 7.20. The Kier molecular flexibility index (Phi) is 5.41. The summed E-state index contributed by atoms with van der Waals surface area (Å²) in [4.78, 5) is 29.7. The van der Waals surface area contributed by atoms with Crippen molar-refractivity contribution in [1.82, 2.24) is 4.98 Å². The van der Waals surface area contributed by atoms with E-state index in [2.05, 4.69) is 10.3 Å². The number of hydrogen-bond acceptors (Lipinski definition) is 7. The Labute approximate surface area is 157 Å². The molecule has 0 saturated heterocycles. The number of aromatic nitrogens is 1. The van der Waals surface area contributed by atoms with E-state index < -0.39 is 18.0 Å². The maximum absolute atomic E-state index is 12.2. The fourth-order valence-electron chi connectivity index (χ4n) is 2.08. The number of amides is 1. The smallest absolute Gasteiger partial charge is 0.358 e. The van der Waals surface area contributed by atoms with Crippen molar-refractivity contribution in [3.8, 4) is 16.0 Å². The zero-order valence-electron chi connectivity index (χ0n) is 13.6. The van der Waals surface area contributed by atoms with Gasteiger partial charge in [0.1, 0.15) is 11.1 Å². The molecule has 0 aliphatic rings. The van der Waals surface area contributed by atoms with Gasteiger partial charge in [-0.25, -0.2) is 9.78 Å². The predicted molar refractivity (Wildman–Crippen MR) is 100 cm³/mol. The second-order valence-corrected chi connectivity index (χ2v) is 7.02. The lowest BCUT2D eigenvalue weighted by Gasteiger charge is -2.13. The van der Waals surface area contributed by atoms with Crippen LogP contribution in [0.4, 0.5) is 5.69 Å². The van der Waals surface area contributed by atoms with Crippen LogP contribution in [0, 0.1) is 11.3 Å². The van der Waals surface area contributed by atoms with Crippen LogP contribution in [-0.4, -0.2) is 23.0 Å². The summed E-state index contributed by atoms with van der Waals surface area (Å²) in [6.07, 6.45) is -1.03. The standard InChI is InChI=1S/C18H13N3O3S2/c1-11(16(22)20-13-6-3-2-5-12(13)9-19)24-18(23)14-10-26-17(21-14)15-7-4-8-25-15/h2-8,10-11H,1H3,(H,20,22)/t11-/m0/s1. The van der Waals surface area contributed by atoms with Gasteiger partial charge >= 0.3 is 5.97 Å². The molecule has 2 heterocycles. The third-order valence-corrected chi connectivity index (χ3v) is 5.29. The van der Waals surface area contributed by atoms with Crippen molar-refractivity contribution in [3.63, 3.8) is 0 Å². The van der Waals surface area contributed by atoms with Crippen molar-refractivity contribution in [2.45, 2.75) is 13.0 Å². The summed E-state index contributed by atoms with van der Waals surface area (Å²) in [6.45, 7) is 1.47. The van der Waals surface area contributed by atoms with Gasteiger partial charge in [-0.05, 0) is 30.5 Å². The number of nitrogens with zero attached hydrogens (tertiary/aromatic N) is 2. The minimum absolute atomic E-state index is 0.162. The molecule has 6 nitrogen and oxygen atoms in total. The number of thiophene rings is 1. The quantitative estimate of drug-likeness (QED) is 0.674. The first-order valence-electron chi connectivity index (χ1n) is 7.59. The van der Waals surface area contributed by atoms with E-state index in [1.165, 1.54) is 29.6 Å². The van der Waals surface area contributed by atoms with Gasteiger partial charge in [0.2, 0.25) is 0 Å². The molecule has 3 rings (SSSR count). The zero-order valence-corrected chi connectivity index (χ0v) is 15.3. The van der Waals surface area contributed by atoms with Gasteiger partial charge in [0.05, 0.1) is 16.1 Å². The number of esters is 1. The number of para-hydroxylation sites is 1. The lowest BCUT2D eigenvalue weighted by molar-refractivity contribution is -0.123. The molecule has 1 aromatic carbocycles. The number of ether oxygens (including phenoxy) is 1. The van der Waals surface area contributed by atoms with E-state index in [1.807, 2.05) is 23.6 Å². The largest absolute Gasteiger partial charge is 0.448 e. The lowest BCUT2D eigenvalue weighted by Crippen LogP contribution is -2.30. The van der Waals surface area contributed by atoms with Crippen LogP contribution in [-0.2, 0) is 9.53 Å². The number of carbonyl (C=O) groups is 2. The van der Waals surface area contributed by atoms with E-state index in [1.54, 1.807) is 29.6 Å². The SMILES string of the molecule is C[C@H](OC(=O)c1csc(-c2cccs2)n1)C(=O)Nc1ccccc1C#N. The van der Waals surface area contributed by atoms with E-state index in [0.29, 0.717) is 11.3 Å². The second kappa shape index (κ2) is 7.91. The Morgan fingerprint density at radius 3 is 2.77 bits per heavy atom. The molecule has 26 heavy (non-hydrogen) atoms. The number of carbonyl (C=O) groups excluding carboxylic acids is 2. The summed E-state index contributed by atoms with van der Waals surface area (Å²) in [5.74, 6) is -1.19. The normalized spacial score (nSPS) is 11.4. The van der Waals surface area contributed by atoms with E-state index in [4.69, 9.17) is 10.00 Å². The Balaban J connectivity index is 1.64. The number of anilines is 1. The van der Waals surface area contributed by atoms with Crippen molar-refractivity contribution in [3.05, 3.63) is 58.4 Å². The minimum atomic E-state index is -1.03. The summed E-state index contributed by atoms with van der Waals surface area (Å²) in [6, 6.07) is 12.4. The van der Waals surface area contributed by atoms with Gasteiger partial charge < -0.3 is 10.1 Å². The summed E-state index contributed by atoms with van der Waals surface area (Å²) in [5.41, 5.74) is 0.867. The van der Waals surface area contributed by atoms with Crippen molar-refractivity contribution in [2.75, 3.05) is 5.32 Å². The first-order chi connectivity index (χ1) is 12.6. The van der Waals surface area contributed by atoms with Crippen LogP contribution in [0.25, 0.3) is 9.88 Å². The average molecular weight is 383 g/mol. The Bertz CT molecular complexity index is 974. The first kappa shape index (κ1) is 17.8. The van der Waals surface area contributed by atoms with Crippen LogP contribution in [0.3, 0.4) is 0 Å². The van der Waals surface area contributed by atoms with Gasteiger partial charge in [0.15, 0.2) is 11.8 Å². The molecule has 0 saturated carbocycles. The highest BCUT2D eigenvalue weighted by Crippen LogP contribution is 2.28. The molecule has 1 N–H and O–H groups in total. The highest BCUT2D eigenvalue weighted by atomic mass is 32.1. The molecular formula is C18H13N3O3S2. The summed E-state index contributed by atoms with van der Waals surface area (Å²) in [5, 5.41) is 15.9. The minimum Gasteiger partial charge on any atom is -0.448 e. The molecule has 0 spiro atoms. The number of nitriles is 1. The average Bonchev–Trinajstić information content (AvgIpc) is 3.33. The van der Waals surface area contributed by atoms with Crippen molar-refractivity contribution in [2.24, 2.45) is 0 Å². The molecule has 1 atom stereocenters. The number of benzene rings is 1. The molecule has 3 aromatic rings. The van der Waals surface area contributed by atoms with Gasteiger partial charge in [-0.2, -0.15) is 5.26 Å². The molecule has 0 fully saturated rings. The van der Waals surface area contributed by atoms with Crippen molar-refractivity contribution in [1.29, 1.82) is 5.26 Å². The third-order valence-electron chi connectivity index (χ3n) is 3.40. The molecular weight excluding hydrogens is 370 g/mol. The molecule has 0 aliphatic heterocycles. The van der Waals surface area contributed by atoms with Crippen molar-refractivity contribution >= 4 is 40.2 Å². The van der Waals surface area contributed by atoms with Gasteiger partial charge in [0.25, 0.3) is 5.91 Å². The van der Waals surface area contributed by atoms with E-state index in [-0.39, 0.29) is 5.69 Å². The van der Waals surface area contributed by atoms with Crippen LogP contribution in [0.15, 0.2) is 47.2 Å². The van der Waals surface area contributed by atoms with E-state index in [9.17, 15) is 9.59 Å². The summed E-state index contributed by atoms with van der Waals surface area (Å²) in [7, 11) is 0. The van der Waals surface area contributed by atoms with Crippen molar-refractivity contribution < 1.29 is 14.3 Å². The summed E-state index contributed by atoms with van der Waals surface area (Å²) >= 11 is 2.87. The fraction of sp³-hybridized carbons (Fsp3) is 0.111. The maximum Gasteiger partial charge on any atom is 0.358 e. The maximum atomic E-state index is 12.2. The molecule has 0 bridgehead atoms. The number of hydrogen-bond donors (Lipinski definition) is 1. The van der Waals surface area contributed by atoms with Crippen LogP contribution in [0.1, 0.15) is 23.0 Å². The lowest BCUT2D eigenvalue weighted by atomic mass is 10.2. The van der Waals surface area contributed by atoms with Gasteiger partial charge in [0, 0.05) is 5.38 Å². The van der Waals surface area contributed by atoms with Crippen LogP contribution < -0.4 is 5.32 Å². The molecule has 8 heteroatoms. The Morgan fingerprint density at radius 2 is 2.04 bits per heavy atom. The Hall–Kier alpha value is -3.02. The number of rotatable bonds is 5. The van der Waals surface area contributed by atoms with E-state index in [0.717, 1.165) is 9.88 Å². The molecule has 130 valence electrons. The van der Waals surface area contributed by atoms with E-state index >= 15 is 0 Å². The zero-order chi connectivity index (χ0) is 18.5. The first-order valence-corrected chi connectivity index (χ1v) is 9.35. The Morgan fingerprint density at radius 1 is 1.23 bits per heavy atom. The molecule has 0 unspecified atom stereocenters. The molecule has 1 amide bonds. The van der Waals surface area contributed by atoms with Crippen LogP contribution in [0.2, 0.25) is 0 Å². The van der Waals surface area contributed by atoms with Crippen LogP contribution in [0.5, 0.6) is 0 Å². The number of nitrogens with one attached hydrogen (secondary N) is 1. The van der Waals surface area contributed by atoms with Gasteiger partial charge in [-0.1, -0.05) is 18.2 Å². The third kappa shape index (κ3) is 3.96. The topological polar surface area (TPSA) is 92.1 Å². The second-order valence-electron chi connectivity index (χ2n) is 5.21. The molecule has 0 aliphatic carbocycles. The predicted octanol–water partition coefficient (Wildman–Crippen LogP) is 3.93. The summed E-state index contributed by atoms with van der Waals surface area (Å²) < 4.78 is 5.19. The fourth-order valence-corrected chi connectivity index (χ4v) is 3.68. The number of thiazole rings is 1. The van der Waals surface area contributed by atoms with Gasteiger partial charge in [-0.3, -0.25) is 4.79 Å². The monoisotopic (exact) mass is 383 g/mol. The van der Waals surface area contributed by atoms with Crippen LogP contribution >= 0.6 is 22.7 Å². The van der Waals surface area contributed by atoms with Gasteiger partial charge in [-0.15, -0.1) is 22.7 Å². The molecule has 2 aromatic heterocycles. The highest BCUT2D eigenvalue weighted by Gasteiger charge is 2.22.